The molecule has 1 aromatic carbocycles. The number of likely N-dealkylation sites (tertiary alicyclic amines) is 1. The number of thioether (sulfide) groups is 1. The summed E-state index contributed by atoms with van der Waals surface area (Å²) in [6.07, 6.45) is 4.59. The van der Waals surface area contributed by atoms with E-state index in [1.807, 2.05) is 51.1 Å². The summed E-state index contributed by atoms with van der Waals surface area (Å²) in [4.78, 5) is 48.1. The van der Waals surface area contributed by atoms with Crippen LogP contribution in [0.1, 0.15) is 39.7 Å². The highest BCUT2D eigenvalue weighted by atomic mass is 32.2. The number of hydrogen-bond acceptors (Lipinski definition) is 5. The lowest BCUT2D eigenvalue weighted by Crippen LogP contribution is -2.62. The predicted molar refractivity (Wildman–Crippen MR) is 156 cm³/mol. The smallest absolute Gasteiger partial charge is 0.247 e. The minimum Gasteiger partial charge on any atom is -0.394 e. The first-order chi connectivity index (χ1) is 18.4. The molecule has 7 nitrogen and oxygen atoms in total. The Labute approximate surface area is 237 Å². The van der Waals surface area contributed by atoms with Crippen LogP contribution in [-0.4, -0.2) is 91.9 Å². The molecule has 7 atom stereocenters. The highest BCUT2D eigenvalue weighted by Crippen LogP contribution is 2.69. The molecule has 0 saturated carbocycles. The molecule has 3 aliphatic heterocycles. The van der Waals surface area contributed by atoms with Crippen molar-refractivity contribution in [2.24, 2.45) is 17.8 Å². The maximum absolute atomic E-state index is 14.7. The lowest BCUT2D eigenvalue weighted by atomic mass is 9.65. The summed E-state index contributed by atoms with van der Waals surface area (Å²) in [5.41, 5.74) is 0.472. The van der Waals surface area contributed by atoms with Crippen LogP contribution in [0, 0.1) is 17.8 Å². The number of carbonyl (C=O) groups is 3. The fraction of sp³-hybridized carbons (Fsp3) is 0.581. The summed E-state index contributed by atoms with van der Waals surface area (Å²) in [7, 11) is 1.74. The highest BCUT2D eigenvalue weighted by Gasteiger charge is 2.77. The van der Waals surface area contributed by atoms with Gasteiger partial charge in [-0.2, -0.15) is 0 Å². The van der Waals surface area contributed by atoms with Crippen molar-refractivity contribution in [2.75, 3.05) is 26.7 Å². The SMILES string of the molecule is C=CCN(C)C(=O)[C@@H]1[C@@H]2CC(C)C3(S2)C(C(=O)N(CC=C)C(C)(C)C)N([C@@H](CO)Cc2ccccc2)C(=O)[C@H]13. The monoisotopic (exact) mass is 553 g/mol. The lowest BCUT2D eigenvalue weighted by molar-refractivity contribution is -0.148. The molecule has 3 fully saturated rings. The Morgan fingerprint density at radius 3 is 2.38 bits per heavy atom. The van der Waals surface area contributed by atoms with E-state index in [0.29, 0.717) is 19.5 Å². The second-order valence-electron chi connectivity index (χ2n) is 12.2. The maximum atomic E-state index is 14.7. The minimum atomic E-state index is -0.789. The largest absolute Gasteiger partial charge is 0.394 e. The van der Waals surface area contributed by atoms with Crippen LogP contribution in [0.15, 0.2) is 55.6 Å². The van der Waals surface area contributed by atoms with Gasteiger partial charge in [-0.3, -0.25) is 14.4 Å². The third kappa shape index (κ3) is 4.84. The van der Waals surface area contributed by atoms with Gasteiger partial charge >= 0.3 is 0 Å². The van der Waals surface area contributed by atoms with E-state index >= 15 is 0 Å². The molecule has 3 amide bonds. The molecular weight excluding hydrogens is 510 g/mol. The van der Waals surface area contributed by atoms with Crippen molar-refractivity contribution in [2.45, 2.75) is 68.2 Å². The van der Waals surface area contributed by atoms with Crippen LogP contribution in [0.3, 0.4) is 0 Å². The second kappa shape index (κ2) is 11.1. The van der Waals surface area contributed by atoms with E-state index in [1.54, 1.807) is 45.7 Å². The van der Waals surface area contributed by atoms with Crippen LogP contribution in [0.4, 0.5) is 0 Å². The zero-order valence-electron chi connectivity index (χ0n) is 23.9. The Hall–Kier alpha value is -2.58. The van der Waals surface area contributed by atoms with Gasteiger partial charge in [-0.05, 0) is 45.1 Å². The topological polar surface area (TPSA) is 81.2 Å². The summed E-state index contributed by atoms with van der Waals surface area (Å²) in [5, 5.41) is 10.6. The van der Waals surface area contributed by atoms with Crippen LogP contribution >= 0.6 is 11.8 Å². The van der Waals surface area contributed by atoms with Gasteiger partial charge in [0.2, 0.25) is 17.7 Å². The second-order valence-corrected chi connectivity index (χ2v) is 13.8. The Morgan fingerprint density at radius 2 is 1.82 bits per heavy atom. The van der Waals surface area contributed by atoms with Gasteiger partial charge in [0.05, 0.1) is 29.2 Å². The average Bonchev–Trinajstić information content (AvgIpc) is 3.48. The van der Waals surface area contributed by atoms with Crippen molar-refractivity contribution >= 4 is 29.5 Å². The number of fused-ring (bicyclic) bond motifs is 1. The van der Waals surface area contributed by atoms with Crippen LogP contribution in [-0.2, 0) is 20.8 Å². The molecule has 0 radical (unpaired) electrons. The molecule has 39 heavy (non-hydrogen) atoms. The number of hydrogen-bond donors (Lipinski definition) is 1. The van der Waals surface area contributed by atoms with Crippen LogP contribution in [0.25, 0.3) is 0 Å². The normalized spacial score (nSPS) is 30.2. The maximum Gasteiger partial charge on any atom is 0.247 e. The van der Waals surface area contributed by atoms with Gasteiger partial charge in [0, 0.05) is 30.9 Å². The fourth-order valence-corrected chi connectivity index (χ4v) is 9.46. The zero-order valence-corrected chi connectivity index (χ0v) is 24.7. The lowest BCUT2D eigenvalue weighted by Gasteiger charge is -2.45. The molecule has 212 valence electrons. The third-order valence-electron chi connectivity index (χ3n) is 8.79. The summed E-state index contributed by atoms with van der Waals surface area (Å²) in [6.45, 7) is 16.2. The predicted octanol–water partition coefficient (Wildman–Crippen LogP) is 3.38. The van der Waals surface area contributed by atoms with Crippen molar-refractivity contribution in [3.8, 4) is 0 Å². The van der Waals surface area contributed by atoms with Gasteiger partial charge in [0.25, 0.3) is 0 Å². The van der Waals surface area contributed by atoms with Gasteiger partial charge < -0.3 is 19.8 Å². The summed E-state index contributed by atoms with van der Waals surface area (Å²) in [5.74, 6) is -1.49. The fourth-order valence-electron chi connectivity index (χ4n) is 7.06. The van der Waals surface area contributed by atoms with Gasteiger partial charge in [-0.25, -0.2) is 0 Å². The summed E-state index contributed by atoms with van der Waals surface area (Å²) < 4.78 is -0.747. The minimum absolute atomic E-state index is 0.0321. The van der Waals surface area contributed by atoms with Crippen LogP contribution in [0.5, 0.6) is 0 Å². The molecule has 1 N–H and O–H groups in total. The van der Waals surface area contributed by atoms with Gasteiger partial charge in [-0.15, -0.1) is 24.9 Å². The van der Waals surface area contributed by atoms with Gasteiger partial charge in [0.1, 0.15) is 6.04 Å². The molecule has 4 rings (SSSR count). The quantitative estimate of drug-likeness (QED) is 0.450. The number of carbonyl (C=O) groups excluding carboxylic acids is 3. The Bertz CT molecular complexity index is 1120. The number of likely N-dealkylation sites (N-methyl/N-ethyl adjacent to an activating group) is 1. The standard InChI is InChI=1S/C31H43N3O4S/c1-8-15-32(7)27(36)24-23-17-20(3)31(39-23)25(24)28(37)34(22(19-35)18-21-13-11-10-12-14-21)26(31)29(38)33(16-9-2)30(4,5)6/h8-14,20,22-26,35H,1-2,15-19H2,3-7H3/t20?,22-,23+,24-,25+,26?,31?/m1/s1. The number of aliphatic hydroxyl groups is 1. The third-order valence-corrected chi connectivity index (χ3v) is 10.9. The molecule has 3 heterocycles. The molecule has 3 aliphatic rings. The van der Waals surface area contributed by atoms with Crippen molar-refractivity contribution in [1.82, 2.24) is 14.7 Å². The average molecular weight is 554 g/mol. The first-order valence-electron chi connectivity index (χ1n) is 13.9. The van der Waals surface area contributed by atoms with E-state index in [0.717, 1.165) is 12.0 Å². The molecule has 1 spiro atoms. The zero-order chi connectivity index (χ0) is 28.7. The Kier molecular flexibility index (Phi) is 8.39. The molecule has 8 heteroatoms. The molecule has 1 aromatic rings. The highest BCUT2D eigenvalue weighted by molar-refractivity contribution is 8.02. The Morgan fingerprint density at radius 1 is 1.18 bits per heavy atom. The first kappa shape index (κ1) is 29.4. The first-order valence-corrected chi connectivity index (χ1v) is 14.7. The molecule has 3 unspecified atom stereocenters. The van der Waals surface area contributed by atoms with Crippen LogP contribution < -0.4 is 0 Å². The van der Waals surface area contributed by atoms with E-state index in [2.05, 4.69) is 20.1 Å². The number of rotatable bonds is 10. The van der Waals surface area contributed by atoms with E-state index in [1.165, 1.54) is 0 Å². The summed E-state index contributed by atoms with van der Waals surface area (Å²) in [6, 6.07) is 8.35. The van der Waals surface area contributed by atoms with E-state index in [4.69, 9.17) is 0 Å². The van der Waals surface area contributed by atoms with Gasteiger partial charge in [0.15, 0.2) is 0 Å². The molecule has 2 bridgehead atoms. The molecular formula is C31H43N3O4S. The van der Waals surface area contributed by atoms with Crippen molar-refractivity contribution in [1.29, 1.82) is 0 Å². The number of nitrogens with zero attached hydrogens (tertiary/aromatic N) is 3. The van der Waals surface area contributed by atoms with Crippen LogP contribution in [0.2, 0.25) is 0 Å². The van der Waals surface area contributed by atoms with E-state index in [-0.39, 0.29) is 35.5 Å². The van der Waals surface area contributed by atoms with Gasteiger partial charge in [-0.1, -0.05) is 49.4 Å². The number of benzene rings is 1. The molecule has 0 aliphatic carbocycles. The van der Waals surface area contributed by atoms with E-state index < -0.39 is 34.2 Å². The van der Waals surface area contributed by atoms with E-state index in [9.17, 15) is 19.5 Å². The summed E-state index contributed by atoms with van der Waals surface area (Å²) >= 11 is 1.66. The van der Waals surface area contributed by atoms with Crippen molar-refractivity contribution in [3.05, 3.63) is 61.2 Å². The number of aliphatic hydroxyl groups excluding tert-OH is 1. The Balaban J connectivity index is 1.85. The van der Waals surface area contributed by atoms with Crippen molar-refractivity contribution in [3.63, 3.8) is 0 Å². The molecule has 3 saturated heterocycles. The number of amides is 3. The van der Waals surface area contributed by atoms with Crippen molar-refractivity contribution < 1.29 is 19.5 Å². The molecule has 0 aromatic heterocycles.